The van der Waals surface area contributed by atoms with Crippen LogP contribution in [-0.4, -0.2) is 120 Å². The number of nitrogens with one attached hydrogen (secondary N) is 5. The molecule has 1 aromatic heterocycles. The molecule has 5 amide bonds. The van der Waals surface area contributed by atoms with Crippen molar-refractivity contribution >= 4 is 43.8 Å². The zero-order valence-corrected chi connectivity index (χ0v) is 40.7. The Bertz CT molecular complexity index is 2120. The monoisotopic (exact) mass is 941 g/mol. The standard InChI is InChI=1S/C47H69F2N7O9Si/c1-46(2,3)42(38-25-32(34-26-33(48)15-16-35(34)49)29-55(38)28-31-13-11-10-12-14-31)56(40(59)30-57)22-19-37(54-45(64)65-23-24-66(7,8)9)44(63)51-21-20-50-43(62)36(17-18-41(60)61)53-39(58)27-52-47(4,5)6/h10-16,25-26,29,36-37,42,52,57H,17-24,27-28,30H2,1-9H3,(H,50,62)(H,51,63)(H,53,58)(H,54,64)(H,60,61)/t36-,37+,42+/m1/s1. The number of aliphatic hydroxyl groups excluding tert-OH is 1. The smallest absolute Gasteiger partial charge is 0.407 e. The molecule has 3 rings (SSSR count). The molecule has 0 unspecified atom stereocenters. The number of amides is 5. The number of carboxylic acid groups (broad SMARTS) is 1. The molecular weight excluding hydrogens is 873 g/mol. The van der Waals surface area contributed by atoms with Crippen LogP contribution < -0.4 is 26.6 Å². The van der Waals surface area contributed by atoms with Gasteiger partial charge >= 0.3 is 12.1 Å². The Kier molecular flexibility index (Phi) is 20.5. The van der Waals surface area contributed by atoms with Gasteiger partial charge in [-0.05, 0) is 74.9 Å². The summed E-state index contributed by atoms with van der Waals surface area (Å²) in [4.78, 5) is 79.4. The minimum Gasteiger partial charge on any atom is -0.481 e. The molecule has 1 heterocycles. The molecule has 0 aliphatic heterocycles. The summed E-state index contributed by atoms with van der Waals surface area (Å²) in [5, 5.41) is 33.1. The summed E-state index contributed by atoms with van der Waals surface area (Å²) in [6.07, 6.45) is 0.0709. The Labute approximate surface area is 387 Å². The van der Waals surface area contributed by atoms with Crippen LogP contribution in [0.3, 0.4) is 0 Å². The second-order valence-corrected chi connectivity index (χ2v) is 25.2. The maximum Gasteiger partial charge on any atom is 0.407 e. The van der Waals surface area contributed by atoms with Gasteiger partial charge in [0.2, 0.25) is 23.6 Å². The number of nitrogens with zero attached hydrogens (tertiary/aromatic N) is 2. The van der Waals surface area contributed by atoms with Crippen LogP contribution >= 0.6 is 0 Å². The molecular formula is C47H69F2N7O9Si. The second kappa shape index (κ2) is 24.7. The van der Waals surface area contributed by atoms with Crippen LogP contribution in [0.1, 0.15) is 78.1 Å². The van der Waals surface area contributed by atoms with Gasteiger partial charge in [-0.25, -0.2) is 13.6 Å². The molecule has 0 saturated carbocycles. The molecule has 19 heteroatoms. The summed E-state index contributed by atoms with van der Waals surface area (Å²) >= 11 is 0. The Morgan fingerprint density at radius 2 is 1.47 bits per heavy atom. The van der Waals surface area contributed by atoms with Crippen molar-refractivity contribution in [3.05, 3.63) is 83.7 Å². The third-order valence-electron chi connectivity index (χ3n) is 10.4. The van der Waals surface area contributed by atoms with Gasteiger partial charge < -0.3 is 51.0 Å². The van der Waals surface area contributed by atoms with Gasteiger partial charge in [-0.3, -0.25) is 24.0 Å². The molecule has 0 saturated heterocycles. The van der Waals surface area contributed by atoms with Crippen molar-refractivity contribution in [3.63, 3.8) is 0 Å². The number of rotatable bonds is 24. The van der Waals surface area contributed by atoms with Gasteiger partial charge in [0.15, 0.2) is 0 Å². The molecule has 16 nitrogen and oxygen atoms in total. The normalized spacial score (nSPS) is 13.2. The lowest BCUT2D eigenvalue weighted by molar-refractivity contribution is -0.140. The molecule has 2 aromatic carbocycles. The van der Waals surface area contributed by atoms with Crippen molar-refractivity contribution < 1.29 is 52.5 Å². The van der Waals surface area contributed by atoms with Crippen molar-refractivity contribution in [3.8, 4) is 11.1 Å². The van der Waals surface area contributed by atoms with Gasteiger partial charge in [-0.2, -0.15) is 0 Å². The number of aromatic nitrogens is 1. The number of halogens is 2. The minimum atomic E-state index is -1.61. The van der Waals surface area contributed by atoms with Crippen molar-refractivity contribution in [1.29, 1.82) is 0 Å². The first-order valence-electron chi connectivity index (χ1n) is 22.1. The lowest BCUT2D eigenvalue weighted by atomic mass is 9.82. The van der Waals surface area contributed by atoms with E-state index in [1.165, 1.54) is 4.90 Å². The third-order valence-corrected chi connectivity index (χ3v) is 12.1. The molecule has 0 bridgehead atoms. The maximum atomic E-state index is 15.3. The number of aliphatic carboxylic acids is 1. The van der Waals surface area contributed by atoms with E-state index in [0.717, 1.165) is 23.8 Å². The summed E-state index contributed by atoms with van der Waals surface area (Å²) in [6, 6.07) is 11.6. The summed E-state index contributed by atoms with van der Waals surface area (Å²) in [6.45, 7) is 16.5. The van der Waals surface area contributed by atoms with Crippen LogP contribution in [0.2, 0.25) is 25.7 Å². The van der Waals surface area contributed by atoms with E-state index < -0.39 is 91.1 Å². The highest BCUT2D eigenvalue weighted by molar-refractivity contribution is 6.76. The van der Waals surface area contributed by atoms with E-state index in [9.17, 15) is 43.4 Å². The van der Waals surface area contributed by atoms with Crippen molar-refractivity contribution in [2.45, 2.75) is 117 Å². The van der Waals surface area contributed by atoms with Gasteiger partial charge in [-0.15, -0.1) is 0 Å². The van der Waals surface area contributed by atoms with Gasteiger partial charge in [0.05, 0.1) is 19.2 Å². The second-order valence-electron chi connectivity index (χ2n) is 19.6. The van der Waals surface area contributed by atoms with Crippen molar-refractivity contribution in [2.24, 2.45) is 5.41 Å². The number of hydrogen-bond donors (Lipinski definition) is 7. The van der Waals surface area contributed by atoms with Gasteiger partial charge in [-0.1, -0.05) is 70.7 Å². The van der Waals surface area contributed by atoms with Crippen LogP contribution in [0, 0.1) is 17.0 Å². The predicted molar refractivity (Wildman–Crippen MR) is 250 cm³/mol. The minimum absolute atomic E-state index is 0.00875. The highest BCUT2D eigenvalue weighted by atomic mass is 28.3. The molecule has 7 N–H and O–H groups in total. The lowest BCUT2D eigenvalue weighted by Crippen LogP contribution is -2.53. The van der Waals surface area contributed by atoms with Crippen LogP contribution in [0.25, 0.3) is 11.1 Å². The topological polar surface area (TPSA) is 220 Å². The molecule has 0 spiro atoms. The Morgan fingerprint density at radius 3 is 2.03 bits per heavy atom. The number of carboxylic acids is 1. The fourth-order valence-electron chi connectivity index (χ4n) is 7.02. The molecule has 0 aliphatic carbocycles. The number of carbonyl (C=O) groups is 6. The van der Waals surface area contributed by atoms with Crippen molar-refractivity contribution in [1.82, 2.24) is 36.1 Å². The van der Waals surface area contributed by atoms with Crippen molar-refractivity contribution in [2.75, 3.05) is 39.4 Å². The van der Waals surface area contributed by atoms with Crippen LogP contribution in [0.15, 0.2) is 60.8 Å². The number of aliphatic hydroxyl groups is 1. The highest BCUT2D eigenvalue weighted by Crippen LogP contribution is 2.41. The average Bonchev–Trinajstić information content (AvgIpc) is 3.62. The first-order chi connectivity index (χ1) is 30.8. The highest BCUT2D eigenvalue weighted by Gasteiger charge is 2.38. The molecule has 364 valence electrons. The Morgan fingerprint density at radius 1 is 0.848 bits per heavy atom. The number of carbonyl (C=O) groups excluding carboxylic acids is 5. The molecule has 3 atom stereocenters. The first kappa shape index (κ1) is 54.7. The van der Waals surface area contributed by atoms with E-state index in [1.807, 2.05) is 76.4 Å². The Hall–Kier alpha value is -5.66. The average molecular weight is 942 g/mol. The van der Waals surface area contributed by atoms with Crippen LogP contribution in [0.5, 0.6) is 0 Å². The van der Waals surface area contributed by atoms with E-state index in [1.54, 1.807) is 12.3 Å². The fraction of sp³-hybridized carbons (Fsp3) is 0.532. The summed E-state index contributed by atoms with van der Waals surface area (Å²) in [5.74, 6) is -5.00. The molecule has 0 radical (unpaired) electrons. The van der Waals surface area contributed by atoms with Crippen LogP contribution in [-0.2, 0) is 35.3 Å². The molecule has 0 fully saturated rings. The van der Waals surface area contributed by atoms with E-state index in [-0.39, 0.29) is 64.2 Å². The van der Waals surface area contributed by atoms with Gasteiger partial charge in [0.25, 0.3) is 0 Å². The summed E-state index contributed by atoms with van der Waals surface area (Å²) < 4.78 is 37.1. The Balaban J connectivity index is 1.92. The van der Waals surface area contributed by atoms with Gasteiger partial charge in [0.1, 0.15) is 30.3 Å². The van der Waals surface area contributed by atoms with Gasteiger partial charge in [0, 0.05) is 69.2 Å². The number of alkyl carbamates (subject to hydrolysis) is 1. The van der Waals surface area contributed by atoms with E-state index >= 15 is 4.39 Å². The van der Waals surface area contributed by atoms with E-state index in [0.29, 0.717) is 17.3 Å². The number of ether oxygens (including phenoxy) is 1. The molecule has 0 aliphatic rings. The fourth-order valence-corrected chi connectivity index (χ4v) is 7.73. The zero-order chi connectivity index (χ0) is 49.4. The lowest BCUT2D eigenvalue weighted by Gasteiger charge is -2.41. The maximum absolute atomic E-state index is 15.3. The van der Waals surface area contributed by atoms with E-state index in [2.05, 4.69) is 46.2 Å². The molecule has 3 aromatic rings. The summed E-state index contributed by atoms with van der Waals surface area (Å²) in [5.41, 5.74) is 0.619. The zero-order valence-electron chi connectivity index (χ0n) is 39.7. The SMILES string of the molecule is CC(C)(C)NCC(=O)N[C@H](CCC(=O)O)C(=O)NCCNC(=O)[C@H](CCN(C(=O)CO)[C@@H](c1cc(-c2cc(F)ccc2F)cn1Cc1ccccc1)C(C)(C)C)NC(=O)OCC[Si](C)(C)C. The predicted octanol–water partition coefficient (Wildman–Crippen LogP) is 5.18. The first-order valence-corrected chi connectivity index (χ1v) is 25.8. The third kappa shape index (κ3) is 18.7. The van der Waals surface area contributed by atoms with Crippen LogP contribution in [0.4, 0.5) is 13.6 Å². The number of hydrogen-bond acceptors (Lipinski definition) is 9. The largest absolute Gasteiger partial charge is 0.481 e. The quantitative estimate of drug-likeness (QED) is 0.0461. The molecule has 66 heavy (non-hydrogen) atoms. The van der Waals surface area contributed by atoms with E-state index in [4.69, 9.17) is 4.74 Å². The number of benzene rings is 2. The summed E-state index contributed by atoms with van der Waals surface area (Å²) in [7, 11) is -1.61.